The van der Waals surface area contributed by atoms with Gasteiger partial charge in [-0.3, -0.25) is 14.5 Å². The fourth-order valence-corrected chi connectivity index (χ4v) is 4.90. The van der Waals surface area contributed by atoms with E-state index < -0.39 is 5.92 Å². The summed E-state index contributed by atoms with van der Waals surface area (Å²) in [5, 5.41) is 0. The molecule has 0 aromatic heterocycles. The van der Waals surface area contributed by atoms with Gasteiger partial charge in [0.25, 0.3) is 0 Å². The molecular formula is C26H28FNO5. The van der Waals surface area contributed by atoms with Crippen LogP contribution in [0.5, 0.6) is 17.2 Å². The van der Waals surface area contributed by atoms with Crippen molar-refractivity contribution in [3.63, 3.8) is 0 Å². The number of carbonyl (C=O) groups excluding carboxylic acids is 2. The van der Waals surface area contributed by atoms with Gasteiger partial charge in [-0.05, 0) is 42.2 Å². The number of amides is 1. The van der Waals surface area contributed by atoms with E-state index in [4.69, 9.17) is 14.2 Å². The zero-order valence-electron chi connectivity index (χ0n) is 19.5. The largest absolute Gasteiger partial charge is 0.496 e. The van der Waals surface area contributed by atoms with Gasteiger partial charge in [-0.2, -0.15) is 0 Å². The van der Waals surface area contributed by atoms with Crippen molar-refractivity contribution < 1.29 is 28.2 Å². The Kier molecular flexibility index (Phi) is 5.91. The first kappa shape index (κ1) is 22.8. The quantitative estimate of drug-likeness (QED) is 0.636. The molecule has 1 amide bonds. The summed E-state index contributed by atoms with van der Waals surface area (Å²) in [6.45, 7) is 4.03. The summed E-state index contributed by atoms with van der Waals surface area (Å²) < 4.78 is 30.1. The standard InChI is InChI=1S/C26H28FNO5/c1-26(2)13-19-25(20(29)14-26)18(11-24(30)28(19)16-8-6-15(27)7-9-16)17-10-22(32-4)23(33-5)12-21(17)31-3/h6-10,12,18H,11,13-14H2,1-5H3. The summed E-state index contributed by atoms with van der Waals surface area (Å²) in [5.41, 5.74) is 2.21. The first-order chi connectivity index (χ1) is 15.7. The highest BCUT2D eigenvalue weighted by molar-refractivity contribution is 6.08. The van der Waals surface area contributed by atoms with Crippen LogP contribution in [0.2, 0.25) is 0 Å². The van der Waals surface area contributed by atoms with Crippen LogP contribution < -0.4 is 19.1 Å². The summed E-state index contributed by atoms with van der Waals surface area (Å²) >= 11 is 0. The molecular weight excluding hydrogens is 425 g/mol. The second-order valence-corrected chi connectivity index (χ2v) is 9.21. The highest BCUT2D eigenvalue weighted by atomic mass is 19.1. The molecule has 1 aliphatic heterocycles. The molecule has 0 N–H and O–H groups in total. The van der Waals surface area contributed by atoms with Gasteiger partial charge in [-0.25, -0.2) is 4.39 Å². The first-order valence-corrected chi connectivity index (χ1v) is 10.8. The number of hydrogen-bond donors (Lipinski definition) is 0. The maximum absolute atomic E-state index is 13.6. The van der Waals surface area contributed by atoms with Crippen molar-refractivity contribution in [2.75, 3.05) is 26.2 Å². The van der Waals surface area contributed by atoms with Gasteiger partial charge in [0, 0.05) is 47.3 Å². The van der Waals surface area contributed by atoms with Crippen LogP contribution in [-0.2, 0) is 9.59 Å². The molecule has 1 atom stereocenters. The van der Waals surface area contributed by atoms with E-state index in [9.17, 15) is 14.0 Å². The van der Waals surface area contributed by atoms with Crippen LogP contribution in [0, 0.1) is 11.2 Å². The Morgan fingerprint density at radius 2 is 1.52 bits per heavy atom. The summed E-state index contributed by atoms with van der Waals surface area (Å²) in [4.78, 5) is 28.6. The Hall–Kier alpha value is -3.35. The average Bonchev–Trinajstić information content (AvgIpc) is 2.77. The SMILES string of the molecule is COc1cc(OC)c(C2CC(=O)N(c3ccc(F)cc3)C3=C2C(=O)CC(C)(C)C3)cc1OC. The Bertz CT molecular complexity index is 1140. The van der Waals surface area contributed by atoms with Crippen molar-refractivity contribution in [1.82, 2.24) is 0 Å². The van der Waals surface area contributed by atoms with Crippen molar-refractivity contribution >= 4 is 17.4 Å². The second kappa shape index (κ2) is 8.54. The van der Waals surface area contributed by atoms with Gasteiger partial charge in [0.05, 0.1) is 21.3 Å². The van der Waals surface area contributed by atoms with E-state index >= 15 is 0 Å². The molecule has 1 heterocycles. The number of ether oxygens (including phenoxy) is 3. The number of benzene rings is 2. The molecule has 2 aliphatic rings. The zero-order chi connectivity index (χ0) is 23.9. The fourth-order valence-electron chi connectivity index (χ4n) is 4.90. The molecule has 0 spiro atoms. The van der Waals surface area contributed by atoms with Crippen LogP contribution in [0.3, 0.4) is 0 Å². The number of Topliss-reactive ketones (excluding diaryl/α,β-unsaturated/α-hetero) is 1. The minimum absolute atomic E-state index is 0.00250. The second-order valence-electron chi connectivity index (χ2n) is 9.21. The van der Waals surface area contributed by atoms with Gasteiger partial charge in [-0.15, -0.1) is 0 Å². The Balaban J connectivity index is 1.93. The third-order valence-electron chi connectivity index (χ3n) is 6.34. The lowest BCUT2D eigenvalue weighted by Crippen LogP contribution is -2.43. The van der Waals surface area contributed by atoms with Crippen LogP contribution in [0.1, 0.15) is 44.6 Å². The number of carbonyl (C=O) groups is 2. The maximum atomic E-state index is 13.6. The van der Waals surface area contributed by atoms with Crippen molar-refractivity contribution in [3.05, 3.63) is 59.0 Å². The van der Waals surface area contributed by atoms with E-state index in [0.717, 1.165) is 0 Å². The van der Waals surface area contributed by atoms with E-state index in [1.54, 1.807) is 36.3 Å². The fraction of sp³-hybridized carbons (Fsp3) is 0.385. The van der Waals surface area contributed by atoms with Gasteiger partial charge in [0.15, 0.2) is 17.3 Å². The summed E-state index contributed by atoms with van der Waals surface area (Å²) in [7, 11) is 4.62. The lowest BCUT2D eigenvalue weighted by Gasteiger charge is -2.43. The molecule has 174 valence electrons. The lowest BCUT2D eigenvalue weighted by molar-refractivity contribution is -0.121. The summed E-state index contributed by atoms with van der Waals surface area (Å²) in [5.74, 6) is 0.486. The average molecular weight is 454 g/mol. The van der Waals surface area contributed by atoms with Crippen LogP contribution >= 0.6 is 0 Å². The number of hydrogen-bond acceptors (Lipinski definition) is 5. The number of halogens is 1. The van der Waals surface area contributed by atoms with Gasteiger partial charge < -0.3 is 14.2 Å². The number of allylic oxidation sites excluding steroid dienone is 2. The predicted octanol–water partition coefficient (Wildman–Crippen LogP) is 5.02. The van der Waals surface area contributed by atoms with Crippen molar-refractivity contribution in [2.24, 2.45) is 5.41 Å². The minimum Gasteiger partial charge on any atom is -0.496 e. The molecule has 0 saturated heterocycles. The number of rotatable bonds is 5. The van der Waals surface area contributed by atoms with E-state index in [0.29, 0.717) is 52.6 Å². The maximum Gasteiger partial charge on any atom is 0.232 e. The number of nitrogens with zero attached hydrogens (tertiary/aromatic N) is 1. The van der Waals surface area contributed by atoms with Gasteiger partial charge in [-0.1, -0.05) is 13.8 Å². The van der Waals surface area contributed by atoms with Crippen molar-refractivity contribution in [2.45, 2.75) is 39.0 Å². The Morgan fingerprint density at radius 1 is 0.909 bits per heavy atom. The zero-order valence-corrected chi connectivity index (χ0v) is 19.5. The normalized spacial score (nSPS) is 19.9. The van der Waals surface area contributed by atoms with E-state index in [-0.39, 0.29) is 29.3 Å². The van der Waals surface area contributed by atoms with E-state index in [2.05, 4.69) is 0 Å². The molecule has 33 heavy (non-hydrogen) atoms. The molecule has 1 unspecified atom stereocenters. The number of anilines is 1. The van der Waals surface area contributed by atoms with Crippen LogP contribution in [-0.4, -0.2) is 33.0 Å². The van der Waals surface area contributed by atoms with Crippen molar-refractivity contribution in [1.29, 1.82) is 0 Å². The molecule has 2 aromatic rings. The van der Waals surface area contributed by atoms with Crippen LogP contribution in [0.4, 0.5) is 10.1 Å². The van der Waals surface area contributed by atoms with Gasteiger partial charge >= 0.3 is 0 Å². The van der Waals surface area contributed by atoms with Crippen molar-refractivity contribution in [3.8, 4) is 17.2 Å². The number of methoxy groups -OCH3 is 3. The van der Waals surface area contributed by atoms with Crippen LogP contribution in [0.15, 0.2) is 47.7 Å². The Morgan fingerprint density at radius 3 is 2.12 bits per heavy atom. The monoisotopic (exact) mass is 453 g/mol. The van der Waals surface area contributed by atoms with Crippen LogP contribution in [0.25, 0.3) is 0 Å². The lowest BCUT2D eigenvalue weighted by atomic mass is 9.69. The molecule has 0 saturated carbocycles. The molecule has 7 heteroatoms. The number of ketones is 1. The molecule has 2 aromatic carbocycles. The molecule has 6 nitrogen and oxygen atoms in total. The molecule has 0 fully saturated rings. The summed E-state index contributed by atoms with van der Waals surface area (Å²) in [6, 6.07) is 9.27. The van der Waals surface area contributed by atoms with Gasteiger partial charge in [0.1, 0.15) is 11.6 Å². The molecule has 4 rings (SSSR count). The predicted molar refractivity (Wildman–Crippen MR) is 122 cm³/mol. The molecule has 0 radical (unpaired) electrons. The Labute approximate surface area is 192 Å². The molecule has 1 aliphatic carbocycles. The van der Waals surface area contributed by atoms with E-state index in [1.165, 1.54) is 26.4 Å². The third kappa shape index (κ3) is 4.08. The smallest absolute Gasteiger partial charge is 0.232 e. The third-order valence-corrected chi connectivity index (χ3v) is 6.34. The van der Waals surface area contributed by atoms with E-state index in [1.807, 2.05) is 13.8 Å². The highest BCUT2D eigenvalue weighted by Crippen LogP contribution is 2.51. The molecule has 0 bridgehead atoms. The van der Waals surface area contributed by atoms with Gasteiger partial charge in [0.2, 0.25) is 5.91 Å². The first-order valence-electron chi connectivity index (χ1n) is 10.8. The highest BCUT2D eigenvalue weighted by Gasteiger charge is 2.45. The topological polar surface area (TPSA) is 65.1 Å². The minimum atomic E-state index is -0.484. The summed E-state index contributed by atoms with van der Waals surface area (Å²) in [6.07, 6.45) is 1.00.